The van der Waals surface area contributed by atoms with Gasteiger partial charge in [0.05, 0.1) is 4.75 Å². The summed E-state index contributed by atoms with van der Waals surface area (Å²) in [6, 6.07) is -0.467. The SMILES string of the molecule is CCn1ccnc1CC(N)C(C)(C)S(C)(=O)=O. The molecule has 1 rings (SSSR count). The summed E-state index contributed by atoms with van der Waals surface area (Å²) < 4.78 is 24.4. The molecule has 1 aromatic rings. The fourth-order valence-electron chi connectivity index (χ4n) is 1.54. The highest BCUT2D eigenvalue weighted by atomic mass is 32.2. The number of sulfone groups is 1. The van der Waals surface area contributed by atoms with Crippen molar-refractivity contribution in [2.75, 3.05) is 6.26 Å². The van der Waals surface area contributed by atoms with E-state index in [9.17, 15) is 8.42 Å². The smallest absolute Gasteiger partial charge is 0.154 e. The van der Waals surface area contributed by atoms with Crippen molar-refractivity contribution in [2.45, 2.75) is 44.5 Å². The largest absolute Gasteiger partial charge is 0.335 e. The van der Waals surface area contributed by atoms with Gasteiger partial charge in [0, 0.05) is 37.7 Å². The maximum absolute atomic E-state index is 11.7. The Kier molecular flexibility index (Phi) is 3.99. The maximum atomic E-state index is 11.7. The average Bonchev–Trinajstić information content (AvgIpc) is 2.63. The lowest BCUT2D eigenvalue weighted by atomic mass is 10.0. The van der Waals surface area contributed by atoms with Crippen molar-refractivity contribution < 1.29 is 8.42 Å². The Morgan fingerprint density at radius 1 is 1.53 bits per heavy atom. The van der Waals surface area contributed by atoms with E-state index in [1.54, 1.807) is 20.0 Å². The maximum Gasteiger partial charge on any atom is 0.154 e. The molecule has 17 heavy (non-hydrogen) atoms. The number of rotatable bonds is 5. The van der Waals surface area contributed by atoms with E-state index in [1.807, 2.05) is 17.7 Å². The van der Waals surface area contributed by atoms with E-state index < -0.39 is 20.6 Å². The van der Waals surface area contributed by atoms with Gasteiger partial charge in [-0.3, -0.25) is 0 Å². The standard InChI is InChI=1S/C11H21N3O2S/c1-5-14-7-6-13-10(14)8-9(12)11(2,3)17(4,15)16/h6-7,9H,5,8,12H2,1-4H3. The topological polar surface area (TPSA) is 78.0 Å². The lowest BCUT2D eigenvalue weighted by Crippen LogP contribution is -2.50. The van der Waals surface area contributed by atoms with E-state index in [1.165, 1.54) is 6.26 Å². The third-order valence-electron chi connectivity index (χ3n) is 3.39. The fourth-order valence-corrected chi connectivity index (χ4v) is 2.17. The van der Waals surface area contributed by atoms with Gasteiger partial charge in [-0.1, -0.05) is 0 Å². The molecule has 98 valence electrons. The van der Waals surface area contributed by atoms with E-state index >= 15 is 0 Å². The summed E-state index contributed by atoms with van der Waals surface area (Å²) in [5.41, 5.74) is 6.02. The zero-order valence-electron chi connectivity index (χ0n) is 10.8. The highest BCUT2D eigenvalue weighted by molar-refractivity contribution is 7.92. The van der Waals surface area contributed by atoms with Crippen molar-refractivity contribution in [3.8, 4) is 0 Å². The van der Waals surface area contributed by atoms with Gasteiger partial charge in [-0.2, -0.15) is 0 Å². The first kappa shape index (κ1) is 14.2. The number of nitrogens with zero attached hydrogens (tertiary/aromatic N) is 2. The molecular weight excluding hydrogens is 238 g/mol. The van der Waals surface area contributed by atoms with Crippen LogP contribution in [0.4, 0.5) is 0 Å². The Morgan fingerprint density at radius 2 is 2.12 bits per heavy atom. The molecule has 0 radical (unpaired) electrons. The van der Waals surface area contributed by atoms with Crippen LogP contribution in [0.1, 0.15) is 26.6 Å². The zero-order valence-corrected chi connectivity index (χ0v) is 11.7. The number of aromatic nitrogens is 2. The minimum Gasteiger partial charge on any atom is -0.335 e. The Hall–Kier alpha value is -0.880. The third-order valence-corrected chi connectivity index (χ3v) is 5.61. The van der Waals surface area contributed by atoms with E-state index in [2.05, 4.69) is 4.98 Å². The highest BCUT2D eigenvalue weighted by Gasteiger charge is 2.37. The molecule has 1 unspecified atom stereocenters. The monoisotopic (exact) mass is 259 g/mol. The first-order chi connectivity index (χ1) is 7.70. The minimum absolute atomic E-state index is 0.459. The van der Waals surface area contributed by atoms with Gasteiger partial charge in [-0.05, 0) is 20.8 Å². The molecule has 0 saturated heterocycles. The molecule has 0 bridgehead atoms. The van der Waals surface area contributed by atoms with Crippen molar-refractivity contribution in [2.24, 2.45) is 5.73 Å². The van der Waals surface area contributed by atoms with Crippen molar-refractivity contribution >= 4 is 9.84 Å². The number of nitrogens with two attached hydrogens (primary N) is 1. The fraction of sp³-hybridized carbons (Fsp3) is 0.727. The summed E-state index contributed by atoms with van der Waals surface area (Å²) in [4.78, 5) is 4.21. The van der Waals surface area contributed by atoms with Crippen LogP contribution < -0.4 is 5.73 Å². The average molecular weight is 259 g/mol. The van der Waals surface area contributed by atoms with Crippen molar-refractivity contribution in [1.29, 1.82) is 0 Å². The van der Waals surface area contributed by atoms with Gasteiger partial charge in [0.25, 0.3) is 0 Å². The number of hydrogen-bond donors (Lipinski definition) is 1. The molecule has 0 fully saturated rings. The molecule has 1 heterocycles. The molecule has 0 saturated carbocycles. The molecule has 1 aromatic heterocycles. The van der Waals surface area contributed by atoms with Crippen LogP contribution in [0.25, 0.3) is 0 Å². The van der Waals surface area contributed by atoms with Crippen molar-refractivity contribution in [1.82, 2.24) is 9.55 Å². The normalized spacial score (nSPS) is 14.9. The van der Waals surface area contributed by atoms with Gasteiger partial charge in [-0.15, -0.1) is 0 Å². The summed E-state index contributed by atoms with van der Waals surface area (Å²) in [6.45, 7) is 6.14. The molecule has 0 aromatic carbocycles. The lowest BCUT2D eigenvalue weighted by molar-refractivity contribution is 0.469. The van der Waals surface area contributed by atoms with Crippen molar-refractivity contribution in [3.63, 3.8) is 0 Å². The number of hydrogen-bond acceptors (Lipinski definition) is 4. The van der Waals surface area contributed by atoms with E-state index in [0.717, 1.165) is 12.4 Å². The predicted molar refractivity (Wildman–Crippen MR) is 68.5 cm³/mol. The van der Waals surface area contributed by atoms with Crippen LogP contribution in [0.5, 0.6) is 0 Å². The molecular formula is C11H21N3O2S. The molecule has 6 heteroatoms. The Morgan fingerprint density at radius 3 is 2.59 bits per heavy atom. The highest BCUT2D eigenvalue weighted by Crippen LogP contribution is 2.21. The second kappa shape index (κ2) is 4.78. The second-order valence-corrected chi connectivity index (χ2v) is 7.41. The van der Waals surface area contributed by atoms with Crippen LogP contribution in [0, 0.1) is 0 Å². The van der Waals surface area contributed by atoms with Crippen LogP contribution in [0.3, 0.4) is 0 Å². The molecule has 5 nitrogen and oxygen atoms in total. The molecule has 2 N–H and O–H groups in total. The number of aryl methyl sites for hydroxylation is 1. The molecule has 0 aliphatic rings. The quantitative estimate of drug-likeness (QED) is 0.839. The van der Waals surface area contributed by atoms with Gasteiger partial charge in [0.15, 0.2) is 9.84 Å². The van der Waals surface area contributed by atoms with Crippen LogP contribution in [-0.2, 0) is 22.8 Å². The van der Waals surface area contributed by atoms with Crippen LogP contribution in [0.2, 0.25) is 0 Å². The summed E-state index contributed by atoms with van der Waals surface area (Å²) >= 11 is 0. The summed E-state index contributed by atoms with van der Waals surface area (Å²) in [7, 11) is -3.19. The van der Waals surface area contributed by atoms with Gasteiger partial charge in [-0.25, -0.2) is 13.4 Å². The van der Waals surface area contributed by atoms with Crippen LogP contribution in [-0.4, -0.2) is 35.0 Å². The first-order valence-corrected chi connectivity index (χ1v) is 7.54. The van der Waals surface area contributed by atoms with E-state index in [-0.39, 0.29) is 0 Å². The lowest BCUT2D eigenvalue weighted by Gasteiger charge is -2.29. The van der Waals surface area contributed by atoms with Crippen LogP contribution >= 0.6 is 0 Å². The first-order valence-electron chi connectivity index (χ1n) is 5.65. The molecule has 0 aliphatic heterocycles. The number of imidazole rings is 1. The third kappa shape index (κ3) is 2.87. The van der Waals surface area contributed by atoms with Gasteiger partial charge in [0.2, 0.25) is 0 Å². The van der Waals surface area contributed by atoms with Gasteiger partial charge in [0.1, 0.15) is 5.82 Å². The Bertz CT molecular complexity index is 477. The van der Waals surface area contributed by atoms with E-state index in [0.29, 0.717) is 6.42 Å². The zero-order chi connectivity index (χ0) is 13.3. The molecule has 0 aliphatic carbocycles. The summed E-state index contributed by atoms with van der Waals surface area (Å²) in [5, 5.41) is 0. The summed E-state index contributed by atoms with van der Waals surface area (Å²) in [5.74, 6) is 0.830. The summed E-state index contributed by atoms with van der Waals surface area (Å²) in [6.07, 6.45) is 5.26. The van der Waals surface area contributed by atoms with E-state index in [4.69, 9.17) is 5.73 Å². The molecule has 0 amide bonds. The van der Waals surface area contributed by atoms with Crippen LogP contribution in [0.15, 0.2) is 12.4 Å². The minimum atomic E-state index is -3.19. The predicted octanol–water partition coefficient (Wildman–Crippen LogP) is 0.596. The van der Waals surface area contributed by atoms with Gasteiger partial charge >= 0.3 is 0 Å². The van der Waals surface area contributed by atoms with Crippen molar-refractivity contribution in [3.05, 3.63) is 18.2 Å². The Balaban J connectivity index is 2.90. The molecule has 1 atom stereocenters. The van der Waals surface area contributed by atoms with Gasteiger partial charge < -0.3 is 10.3 Å². The Labute approximate surface area is 103 Å². The second-order valence-electron chi connectivity index (χ2n) is 4.82. The molecule has 0 spiro atoms.